The van der Waals surface area contributed by atoms with Crippen LogP contribution >= 0.6 is 15.9 Å². The standard InChI is InChI=1S/C21H16BrFN2O2/c1-3-27-21(26)19-18(17(12-24)20(22)25(19)2)15-6-4-13(5-7-15)14-8-10-16(23)11-9-14/h4-11H,3H2,1-2H3. The van der Waals surface area contributed by atoms with Crippen LogP contribution in [0.1, 0.15) is 23.0 Å². The Balaban J connectivity index is 2.11. The SMILES string of the molecule is CCOC(=O)c1c(-c2ccc(-c3ccc(F)cc3)cc2)c(C#N)c(Br)n1C. The Morgan fingerprint density at radius 3 is 2.15 bits per heavy atom. The number of aromatic nitrogens is 1. The maximum atomic E-state index is 13.1. The van der Waals surface area contributed by atoms with Gasteiger partial charge in [0, 0.05) is 12.6 Å². The van der Waals surface area contributed by atoms with Crippen LogP contribution in [0.25, 0.3) is 22.3 Å². The third-order valence-electron chi connectivity index (χ3n) is 4.25. The summed E-state index contributed by atoms with van der Waals surface area (Å²) < 4.78 is 20.4. The molecule has 6 heteroatoms. The normalized spacial score (nSPS) is 10.5. The van der Waals surface area contributed by atoms with E-state index in [-0.39, 0.29) is 12.4 Å². The van der Waals surface area contributed by atoms with Crippen LogP contribution in [0.5, 0.6) is 0 Å². The predicted octanol–water partition coefficient (Wildman–Crippen LogP) is 5.31. The molecule has 0 bridgehead atoms. The third-order valence-corrected chi connectivity index (χ3v) is 5.18. The number of halogens is 2. The zero-order chi connectivity index (χ0) is 19.6. The lowest BCUT2D eigenvalue weighted by atomic mass is 9.98. The summed E-state index contributed by atoms with van der Waals surface area (Å²) in [7, 11) is 1.70. The molecular formula is C21H16BrFN2O2. The number of carbonyl (C=O) groups is 1. The maximum absolute atomic E-state index is 13.1. The minimum Gasteiger partial charge on any atom is -0.461 e. The molecule has 2 aromatic carbocycles. The Labute approximate surface area is 164 Å². The van der Waals surface area contributed by atoms with Gasteiger partial charge in [0.25, 0.3) is 0 Å². The van der Waals surface area contributed by atoms with E-state index in [2.05, 4.69) is 22.0 Å². The van der Waals surface area contributed by atoms with Crippen molar-refractivity contribution >= 4 is 21.9 Å². The molecule has 0 saturated heterocycles. The van der Waals surface area contributed by atoms with Crippen LogP contribution in [0.2, 0.25) is 0 Å². The van der Waals surface area contributed by atoms with Gasteiger partial charge in [0.15, 0.2) is 0 Å². The fourth-order valence-corrected chi connectivity index (χ4v) is 3.41. The second kappa shape index (κ2) is 7.77. The number of benzene rings is 2. The highest BCUT2D eigenvalue weighted by atomic mass is 79.9. The molecule has 0 aliphatic heterocycles. The highest BCUT2D eigenvalue weighted by Gasteiger charge is 2.26. The number of hydrogen-bond donors (Lipinski definition) is 0. The number of nitriles is 1. The average Bonchev–Trinajstić information content (AvgIpc) is 2.93. The Morgan fingerprint density at radius 2 is 1.63 bits per heavy atom. The van der Waals surface area contributed by atoms with Crippen molar-refractivity contribution in [3.63, 3.8) is 0 Å². The lowest BCUT2D eigenvalue weighted by Gasteiger charge is -2.08. The maximum Gasteiger partial charge on any atom is 0.355 e. The zero-order valence-corrected chi connectivity index (χ0v) is 16.4. The summed E-state index contributed by atoms with van der Waals surface area (Å²) >= 11 is 3.38. The molecule has 136 valence electrons. The Morgan fingerprint density at radius 1 is 1.11 bits per heavy atom. The molecule has 1 aromatic heterocycles. The molecule has 3 aromatic rings. The number of nitrogens with zero attached hydrogens (tertiary/aromatic N) is 2. The molecule has 0 radical (unpaired) electrons. The highest BCUT2D eigenvalue weighted by Crippen LogP contribution is 2.36. The van der Waals surface area contributed by atoms with E-state index in [4.69, 9.17) is 4.74 Å². The molecule has 0 amide bonds. The van der Waals surface area contributed by atoms with E-state index >= 15 is 0 Å². The van der Waals surface area contributed by atoms with Gasteiger partial charge < -0.3 is 9.30 Å². The second-order valence-corrected chi connectivity index (χ2v) is 6.62. The average molecular weight is 427 g/mol. The summed E-state index contributed by atoms with van der Waals surface area (Å²) in [6.45, 7) is 1.98. The van der Waals surface area contributed by atoms with Gasteiger partial charge >= 0.3 is 5.97 Å². The predicted molar refractivity (Wildman–Crippen MR) is 105 cm³/mol. The number of carbonyl (C=O) groups excluding carboxylic acids is 1. The van der Waals surface area contributed by atoms with Crippen molar-refractivity contribution in [3.05, 3.63) is 70.2 Å². The smallest absolute Gasteiger partial charge is 0.355 e. The van der Waals surface area contributed by atoms with E-state index in [1.165, 1.54) is 12.1 Å². The number of hydrogen-bond acceptors (Lipinski definition) is 3. The topological polar surface area (TPSA) is 55.0 Å². The summed E-state index contributed by atoms with van der Waals surface area (Å²) in [5, 5.41) is 9.59. The van der Waals surface area contributed by atoms with Crippen molar-refractivity contribution in [2.24, 2.45) is 7.05 Å². The zero-order valence-electron chi connectivity index (χ0n) is 14.8. The Kier molecular flexibility index (Phi) is 5.43. The quantitative estimate of drug-likeness (QED) is 0.531. The van der Waals surface area contributed by atoms with Crippen molar-refractivity contribution in [3.8, 4) is 28.3 Å². The monoisotopic (exact) mass is 426 g/mol. The van der Waals surface area contributed by atoms with Gasteiger partial charge in [-0.2, -0.15) is 5.26 Å². The third kappa shape index (κ3) is 3.51. The van der Waals surface area contributed by atoms with E-state index in [0.29, 0.717) is 21.4 Å². The number of esters is 1. The molecule has 0 spiro atoms. The molecule has 0 unspecified atom stereocenters. The second-order valence-electron chi connectivity index (χ2n) is 5.86. The summed E-state index contributed by atoms with van der Waals surface area (Å²) in [6, 6.07) is 15.8. The van der Waals surface area contributed by atoms with Crippen LogP contribution in [-0.4, -0.2) is 17.1 Å². The first kappa shape index (κ1) is 18.9. The van der Waals surface area contributed by atoms with Crippen molar-refractivity contribution in [1.29, 1.82) is 5.26 Å². The van der Waals surface area contributed by atoms with Crippen molar-refractivity contribution in [2.45, 2.75) is 6.92 Å². The number of ether oxygens (including phenoxy) is 1. The van der Waals surface area contributed by atoms with Crippen LogP contribution < -0.4 is 0 Å². The minimum atomic E-state index is -0.486. The number of rotatable bonds is 4. The van der Waals surface area contributed by atoms with Crippen molar-refractivity contribution in [2.75, 3.05) is 6.61 Å². The van der Waals surface area contributed by atoms with Crippen LogP contribution in [0, 0.1) is 17.1 Å². The van der Waals surface area contributed by atoms with Gasteiger partial charge in [0.2, 0.25) is 0 Å². The van der Waals surface area contributed by atoms with Gasteiger partial charge in [-0.05, 0) is 51.7 Å². The van der Waals surface area contributed by atoms with Crippen molar-refractivity contribution in [1.82, 2.24) is 4.57 Å². The summed E-state index contributed by atoms with van der Waals surface area (Å²) in [5.41, 5.74) is 3.72. The lowest BCUT2D eigenvalue weighted by molar-refractivity contribution is 0.0516. The fourth-order valence-electron chi connectivity index (χ4n) is 2.95. The van der Waals surface area contributed by atoms with E-state index in [1.807, 2.05) is 24.3 Å². The first-order valence-electron chi connectivity index (χ1n) is 8.29. The van der Waals surface area contributed by atoms with Gasteiger partial charge in [-0.25, -0.2) is 9.18 Å². The van der Waals surface area contributed by atoms with Gasteiger partial charge in [-0.15, -0.1) is 0 Å². The molecule has 0 fully saturated rings. The molecule has 1 heterocycles. The molecule has 0 aliphatic carbocycles. The van der Waals surface area contributed by atoms with Crippen LogP contribution in [0.3, 0.4) is 0 Å². The summed E-state index contributed by atoms with van der Waals surface area (Å²) in [5.74, 6) is -0.776. The fraction of sp³-hybridized carbons (Fsp3) is 0.143. The minimum absolute atomic E-state index is 0.243. The van der Waals surface area contributed by atoms with Gasteiger partial charge in [0.05, 0.1) is 12.2 Å². The van der Waals surface area contributed by atoms with Gasteiger partial charge in [-0.1, -0.05) is 36.4 Å². The highest BCUT2D eigenvalue weighted by molar-refractivity contribution is 9.10. The molecular weight excluding hydrogens is 411 g/mol. The molecule has 3 rings (SSSR count). The van der Waals surface area contributed by atoms with Gasteiger partial charge in [0.1, 0.15) is 22.2 Å². The molecule has 27 heavy (non-hydrogen) atoms. The van der Waals surface area contributed by atoms with Gasteiger partial charge in [-0.3, -0.25) is 0 Å². The summed E-state index contributed by atoms with van der Waals surface area (Å²) in [6.07, 6.45) is 0. The summed E-state index contributed by atoms with van der Waals surface area (Å²) in [4.78, 5) is 12.5. The van der Waals surface area contributed by atoms with Crippen molar-refractivity contribution < 1.29 is 13.9 Å². The molecule has 4 nitrogen and oxygen atoms in total. The Bertz CT molecular complexity index is 1030. The molecule has 0 N–H and O–H groups in total. The largest absolute Gasteiger partial charge is 0.461 e. The van der Waals surface area contributed by atoms with Crippen LogP contribution in [-0.2, 0) is 11.8 Å². The van der Waals surface area contributed by atoms with E-state index in [1.54, 1.807) is 30.7 Å². The first-order chi connectivity index (χ1) is 13.0. The first-order valence-corrected chi connectivity index (χ1v) is 9.09. The lowest BCUT2D eigenvalue weighted by Crippen LogP contribution is -2.11. The Hall–Kier alpha value is -2.91. The molecule has 0 atom stereocenters. The molecule has 0 saturated carbocycles. The molecule has 0 aliphatic rings. The van der Waals surface area contributed by atoms with Crippen LogP contribution in [0.4, 0.5) is 4.39 Å². The van der Waals surface area contributed by atoms with Crippen LogP contribution in [0.15, 0.2) is 53.1 Å². The van der Waals surface area contributed by atoms with E-state index < -0.39 is 5.97 Å². The van der Waals surface area contributed by atoms with E-state index in [9.17, 15) is 14.4 Å². The van der Waals surface area contributed by atoms with E-state index in [0.717, 1.165) is 16.7 Å².